The number of aryl methyl sites for hydroxylation is 1. The fourth-order valence-electron chi connectivity index (χ4n) is 3.37. The summed E-state index contributed by atoms with van der Waals surface area (Å²) in [6, 6.07) is 11.7. The molecule has 1 unspecified atom stereocenters. The first-order valence-corrected chi connectivity index (χ1v) is 8.08. The van der Waals surface area contributed by atoms with Crippen LogP contribution in [-0.2, 0) is 17.8 Å². The van der Waals surface area contributed by atoms with Gasteiger partial charge >= 0.3 is 0 Å². The zero-order valence-electron chi connectivity index (χ0n) is 13.5. The smallest absolute Gasteiger partial charge is 0.228 e. The molecule has 1 aliphatic rings. The molecule has 0 saturated carbocycles. The zero-order valence-corrected chi connectivity index (χ0v) is 13.5. The van der Waals surface area contributed by atoms with Crippen LogP contribution in [0.2, 0.25) is 0 Å². The molecule has 0 radical (unpaired) electrons. The molecule has 2 aromatic heterocycles. The molecule has 1 aliphatic heterocycles. The number of pyridine rings is 1. The Morgan fingerprint density at radius 3 is 3.00 bits per heavy atom. The summed E-state index contributed by atoms with van der Waals surface area (Å²) in [5, 5.41) is 10.3. The number of carbonyl (C=O) groups excluding carboxylic acids is 1. The number of rotatable bonds is 2. The number of fused-ring (bicyclic) bond motifs is 2. The Bertz CT molecular complexity index is 916. The van der Waals surface area contributed by atoms with E-state index in [1.807, 2.05) is 53.9 Å². The molecule has 0 spiro atoms. The third kappa shape index (κ3) is 2.47. The van der Waals surface area contributed by atoms with Crippen molar-refractivity contribution in [3.05, 3.63) is 71.2 Å². The van der Waals surface area contributed by atoms with Gasteiger partial charge in [-0.2, -0.15) is 0 Å². The molecule has 0 fully saturated rings. The first-order valence-electron chi connectivity index (χ1n) is 8.08. The van der Waals surface area contributed by atoms with Gasteiger partial charge in [0.05, 0.1) is 24.8 Å². The van der Waals surface area contributed by atoms with Crippen molar-refractivity contribution < 1.29 is 9.90 Å². The van der Waals surface area contributed by atoms with Gasteiger partial charge in [-0.25, -0.2) is 4.98 Å². The van der Waals surface area contributed by atoms with E-state index in [1.54, 1.807) is 11.1 Å². The quantitative estimate of drug-likeness (QED) is 0.788. The van der Waals surface area contributed by atoms with Crippen LogP contribution in [0.4, 0.5) is 0 Å². The maximum Gasteiger partial charge on any atom is 0.228 e. The van der Waals surface area contributed by atoms with Gasteiger partial charge in [0, 0.05) is 18.9 Å². The number of aliphatic hydroxyl groups is 1. The average Bonchev–Trinajstić information content (AvgIpc) is 2.99. The van der Waals surface area contributed by atoms with Gasteiger partial charge < -0.3 is 14.4 Å². The third-order valence-electron chi connectivity index (χ3n) is 4.66. The number of amides is 1. The maximum absolute atomic E-state index is 12.7. The Morgan fingerprint density at radius 2 is 2.12 bits per heavy atom. The lowest BCUT2D eigenvalue weighted by molar-refractivity contribution is -0.133. The van der Waals surface area contributed by atoms with E-state index in [0.717, 1.165) is 28.0 Å². The van der Waals surface area contributed by atoms with Gasteiger partial charge in [0.25, 0.3) is 0 Å². The number of β-amino-alcohol motifs (C(OH)–C–C–N with tert-alkyl or cyclic N) is 1. The summed E-state index contributed by atoms with van der Waals surface area (Å²) >= 11 is 0. The largest absolute Gasteiger partial charge is 0.387 e. The maximum atomic E-state index is 12.7. The molecular formula is C19H19N3O2. The van der Waals surface area contributed by atoms with Gasteiger partial charge in [-0.15, -0.1) is 0 Å². The molecule has 1 amide bonds. The highest BCUT2D eigenvalue weighted by Crippen LogP contribution is 2.26. The number of aromatic nitrogens is 2. The number of aliphatic hydroxyl groups excluding tert-OH is 1. The second-order valence-corrected chi connectivity index (χ2v) is 6.30. The van der Waals surface area contributed by atoms with Crippen LogP contribution >= 0.6 is 0 Å². The van der Waals surface area contributed by atoms with Crippen molar-refractivity contribution in [1.82, 2.24) is 14.3 Å². The topological polar surface area (TPSA) is 57.8 Å². The number of benzene rings is 1. The van der Waals surface area contributed by atoms with Crippen LogP contribution in [0.1, 0.15) is 28.5 Å². The highest BCUT2D eigenvalue weighted by Gasteiger charge is 2.26. The van der Waals surface area contributed by atoms with Crippen LogP contribution in [0, 0.1) is 6.92 Å². The fraction of sp³-hybridized carbons (Fsp3) is 0.263. The van der Waals surface area contributed by atoms with Crippen molar-refractivity contribution in [2.45, 2.75) is 26.0 Å². The summed E-state index contributed by atoms with van der Waals surface area (Å²) in [5.41, 5.74) is 4.76. The summed E-state index contributed by atoms with van der Waals surface area (Å²) in [7, 11) is 0. The molecule has 1 atom stereocenters. The number of carbonyl (C=O) groups is 1. The van der Waals surface area contributed by atoms with Gasteiger partial charge in [0.2, 0.25) is 5.91 Å². The summed E-state index contributed by atoms with van der Waals surface area (Å²) in [6.07, 6.45) is 3.34. The molecule has 1 aromatic carbocycles. The van der Waals surface area contributed by atoms with Gasteiger partial charge in [-0.3, -0.25) is 4.79 Å². The molecule has 1 N–H and O–H groups in total. The van der Waals surface area contributed by atoms with E-state index in [4.69, 9.17) is 0 Å². The Kier molecular flexibility index (Phi) is 3.58. The number of hydrogen-bond acceptors (Lipinski definition) is 3. The summed E-state index contributed by atoms with van der Waals surface area (Å²) < 4.78 is 1.96. The van der Waals surface area contributed by atoms with Crippen LogP contribution in [0.25, 0.3) is 5.65 Å². The zero-order chi connectivity index (χ0) is 16.7. The van der Waals surface area contributed by atoms with Gasteiger partial charge in [0.15, 0.2) is 0 Å². The lowest BCUT2D eigenvalue weighted by Gasteiger charge is -2.32. The predicted octanol–water partition coefficient (Wildman–Crippen LogP) is 2.26. The van der Waals surface area contributed by atoms with Crippen LogP contribution in [-0.4, -0.2) is 31.8 Å². The van der Waals surface area contributed by atoms with E-state index in [2.05, 4.69) is 4.98 Å². The van der Waals surface area contributed by atoms with E-state index in [0.29, 0.717) is 13.1 Å². The fourth-order valence-corrected chi connectivity index (χ4v) is 3.37. The molecule has 4 rings (SSSR count). The van der Waals surface area contributed by atoms with Gasteiger partial charge in [-0.1, -0.05) is 30.3 Å². The molecular weight excluding hydrogens is 302 g/mol. The molecule has 0 bridgehead atoms. The Morgan fingerprint density at radius 1 is 1.29 bits per heavy atom. The van der Waals surface area contributed by atoms with E-state index < -0.39 is 6.10 Å². The molecule has 5 heteroatoms. The molecule has 3 aromatic rings. The summed E-state index contributed by atoms with van der Waals surface area (Å²) in [6.45, 7) is 2.89. The van der Waals surface area contributed by atoms with Crippen molar-refractivity contribution in [2.75, 3.05) is 6.54 Å². The van der Waals surface area contributed by atoms with Crippen LogP contribution in [0.5, 0.6) is 0 Å². The molecule has 3 heterocycles. The monoisotopic (exact) mass is 321 g/mol. The second kappa shape index (κ2) is 5.76. The van der Waals surface area contributed by atoms with Crippen molar-refractivity contribution in [3.8, 4) is 0 Å². The third-order valence-corrected chi connectivity index (χ3v) is 4.66. The van der Waals surface area contributed by atoms with Crippen LogP contribution in [0.3, 0.4) is 0 Å². The molecule has 5 nitrogen and oxygen atoms in total. The lowest BCUT2D eigenvalue weighted by atomic mass is 9.97. The standard InChI is InChI=1S/C19H19N3O2/c1-13-5-4-8-22-15(10-20-19(13)22)9-18(24)21-11-14-6-2-3-7-16(14)17(23)12-21/h2-8,10,17,23H,9,11-12H2,1H3. The summed E-state index contributed by atoms with van der Waals surface area (Å²) in [5.74, 6) is 0.00635. The van der Waals surface area contributed by atoms with Crippen molar-refractivity contribution in [2.24, 2.45) is 0 Å². The minimum absolute atomic E-state index is 0.00635. The predicted molar refractivity (Wildman–Crippen MR) is 90.5 cm³/mol. The normalized spacial score (nSPS) is 17.1. The Balaban J connectivity index is 1.58. The molecule has 0 saturated heterocycles. The van der Waals surface area contributed by atoms with E-state index in [9.17, 15) is 9.90 Å². The molecule has 24 heavy (non-hydrogen) atoms. The van der Waals surface area contributed by atoms with Crippen molar-refractivity contribution in [1.29, 1.82) is 0 Å². The molecule has 0 aliphatic carbocycles. The van der Waals surface area contributed by atoms with Crippen molar-refractivity contribution in [3.63, 3.8) is 0 Å². The number of hydrogen-bond donors (Lipinski definition) is 1. The highest BCUT2D eigenvalue weighted by molar-refractivity contribution is 5.79. The van der Waals surface area contributed by atoms with Crippen LogP contribution < -0.4 is 0 Å². The minimum Gasteiger partial charge on any atom is -0.387 e. The lowest BCUT2D eigenvalue weighted by Crippen LogP contribution is -2.39. The van der Waals surface area contributed by atoms with E-state index in [-0.39, 0.29) is 12.3 Å². The highest BCUT2D eigenvalue weighted by atomic mass is 16.3. The average molecular weight is 321 g/mol. The minimum atomic E-state index is -0.622. The van der Waals surface area contributed by atoms with Crippen molar-refractivity contribution >= 4 is 11.6 Å². The second-order valence-electron chi connectivity index (χ2n) is 6.30. The van der Waals surface area contributed by atoms with Crippen LogP contribution in [0.15, 0.2) is 48.8 Å². The van der Waals surface area contributed by atoms with Gasteiger partial charge in [-0.05, 0) is 29.7 Å². The number of imidazole rings is 1. The molecule has 122 valence electrons. The Hall–Kier alpha value is -2.66. The van der Waals surface area contributed by atoms with E-state index in [1.165, 1.54) is 0 Å². The first kappa shape index (κ1) is 14.9. The number of nitrogens with zero attached hydrogens (tertiary/aromatic N) is 3. The SMILES string of the molecule is Cc1cccn2c(CC(=O)N3Cc4ccccc4C(O)C3)cnc12. The van der Waals surface area contributed by atoms with E-state index >= 15 is 0 Å². The van der Waals surface area contributed by atoms with Gasteiger partial charge in [0.1, 0.15) is 5.65 Å². The Labute approximate surface area is 140 Å². The first-order chi connectivity index (χ1) is 11.6. The summed E-state index contributed by atoms with van der Waals surface area (Å²) in [4.78, 5) is 18.9.